The second-order valence-corrected chi connectivity index (χ2v) is 7.55. The fourth-order valence-corrected chi connectivity index (χ4v) is 3.61. The molecule has 1 fully saturated rings. The molecule has 3 rings (SSSR count). The molecule has 0 bridgehead atoms. The zero-order chi connectivity index (χ0) is 22.1. The molecule has 1 aliphatic heterocycles. The molecule has 1 aliphatic rings. The van der Waals surface area contributed by atoms with Crippen LogP contribution in [-0.4, -0.2) is 56.1 Å². The number of halogens is 1. The Hall–Kier alpha value is -2.93. The minimum atomic E-state index is -0.303. The Balaban J connectivity index is 1.52. The maximum Gasteiger partial charge on any atom is 0.224 e. The molecule has 2 aromatic carbocycles. The van der Waals surface area contributed by atoms with E-state index in [1.165, 1.54) is 23.3 Å². The summed E-state index contributed by atoms with van der Waals surface area (Å²) in [6, 6.07) is 14.3. The van der Waals surface area contributed by atoms with E-state index < -0.39 is 0 Å². The lowest BCUT2D eigenvalue weighted by atomic mass is 10.0. The molecular formula is C24H31FN4O2. The van der Waals surface area contributed by atoms with Crippen LogP contribution in [0.1, 0.15) is 29.7 Å². The summed E-state index contributed by atoms with van der Waals surface area (Å²) in [4.78, 5) is 19.0. The fourth-order valence-electron chi connectivity index (χ4n) is 3.61. The van der Waals surface area contributed by atoms with E-state index in [1.54, 1.807) is 12.1 Å². The highest BCUT2D eigenvalue weighted by atomic mass is 19.1. The van der Waals surface area contributed by atoms with Gasteiger partial charge >= 0.3 is 0 Å². The van der Waals surface area contributed by atoms with Crippen molar-refractivity contribution in [3.63, 3.8) is 0 Å². The quantitative estimate of drug-likeness (QED) is 0.406. The number of aryl methyl sites for hydroxylation is 1. The van der Waals surface area contributed by atoms with Crippen LogP contribution in [0.25, 0.3) is 0 Å². The molecule has 0 aromatic heterocycles. The molecule has 1 amide bonds. The summed E-state index contributed by atoms with van der Waals surface area (Å²) in [7, 11) is 0. The van der Waals surface area contributed by atoms with Gasteiger partial charge in [0.2, 0.25) is 5.91 Å². The third kappa shape index (κ3) is 6.79. The van der Waals surface area contributed by atoms with Crippen LogP contribution in [0.4, 0.5) is 4.39 Å². The first-order valence-corrected chi connectivity index (χ1v) is 10.8. The number of nitrogens with zero attached hydrogens (tertiary/aromatic N) is 2. The number of hydrogen-bond acceptors (Lipinski definition) is 3. The van der Waals surface area contributed by atoms with Crippen LogP contribution >= 0.6 is 0 Å². The summed E-state index contributed by atoms with van der Waals surface area (Å²) in [5, 5.41) is 6.22. The molecule has 2 aromatic rings. The molecule has 1 atom stereocenters. The van der Waals surface area contributed by atoms with E-state index in [0.717, 1.165) is 31.2 Å². The number of hydrogen-bond donors (Lipinski definition) is 2. The van der Waals surface area contributed by atoms with E-state index in [4.69, 9.17) is 4.74 Å². The van der Waals surface area contributed by atoms with E-state index in [-0.39, 0.29) is 24.2 Å². The van der Waals surface area contributed by atoms with Crippen LogP contribution < -0.4 is 10.6 Å². The second-order valence-electron chi connectivity index (χ2n) is 7.55. The number of carbonyl (C=O) groups excluding carboxylic acids is 1. The van der Waals surface area contributed by atoms with Gasteiger partial charge in [0.05, 0.1) is 26.1 Å². The zero-order valence-electron chi connectivity index (χ0n) is 18.2. The molecule has 0 aliphatic carbocycles. The molecule has 2 N–H and O–H groups in total. The van der Waals surface area contributed by atoms with Crippen LogP contribution in [0.2, 0.25) is 0 Å². The molecule has 0 saturated carbocycles. The van der Waals surface area contributed by atoms with Crippen molar-refractivity contribution < 1.29 is 13.9 Å². The van der Waals surface area contributed by atoms with Gasteiger partial charge in [-0.3, -0.25) is 9.79 Å². The Morgan fingerprint density at radius 2 is 1.97 bits per heavy atom. The molecule has 31 heavy (non-hydrogen) atoms. The van der Waals surface area contributed by atoms with Gasteiger partial charge in [-0.15, -0.1) is 0 Å². The molecule has 1 unspecified atom stereocenters. The van der Waals surface area contributed by atoms with Crippen molar-refractivity contribution in [3.05, 3.63) is 71.0 Å². The van der Waals surface area contributed by atoms with Crippen molar-refractivity contribution in [1.82, 2.24) is 15.5 Å². The number of aliphatic imine (C=N–C) groups is 1. The Labute approximate surface area is 183 Å². The lowest BCUT2D eigenvalue weighted by molar-refractivity contribution is -0.120. The average molecular weight is 427 g/mol. The highest BCUT2D eigenvalue weighted by molar-refractivity contribution is 5.80. The minimum absolute atomic E-state index is 0.00854. The van der Waals surface area contributed by atoms with Gasteiger partial charge in [0.1, 0.15) is 11.9 Å². The van der Waals surface area contributed by atoms with Crippen molar-refractivity contribution >= 4 is 11.9 Å². The predicted octanol–water partition coefficient (Wildman–Crippen LogP) is 2.83. The molecular weight excluding hydrogens is 395 g/mol. The SMILES string of the molecule is CCNC(=NCCNC(=O)Cc1ccc(F)cc1)N1CCOC(c2ccccc2C)C1. The standard InChI is InChI=1S/C24H31FN4O2/c1-3-26-24(28-13-12-27-23(30)16-19-8-10-20(25)11-9-19)29-14-15-31-22(17-29)21-7-5-4-6-18(21)2/h4-11,22H,3,12-17H2,1-2H3,(H,26,28)(H,27,30). The fraction of sp³-hybridized carbons (Fsp3) is 0.417. The Bertz CT molecular complexity index is 885. The van der Waals surface area contributed by atoms with E-state index >= 15 is 0 Å². The number of ether oxygens (including phenoxy) is 1. The molecule has 1 saturated heterocycles. The van der Waals surface area contributed by atoms with Crippen LogP contribution in [-0.2, 0) is 16.0 Å². The maximum absolute atomic E-state index is 13.0. The summed E-state index contributed by atoms with van der Waals surface area (Å²) < 4.78 is 19.0. The Morgan fingerprint density at radius 1 is 1.19 bits per heavy atom. The van der Waals surface area contributed by atoms with Gasteiger partial charge in [-0.25, -0.2) is 4.39 Å². The van der Waals surface area contributed by atoms with Crippen molar-refractivity contribution in [2.75, 3.05) is 39.3 Å². The highest BCUT2D eigenvalue weighted by Gasteiger charge is 2.25. The Kier molecular flexibility index (Phi) is 8.41. The number of amides is 1. The molecule has 7 heteroatoms. The normalized spacial score (nSPS) is 16.8. The molecule has 0 spiro atoms. The Morgan fingerprint density at radius 3 is 2.71 bits per heavy atom. The van der Waals surface area contributed by atoms with Gasteiger partial charge in [0.15, 0.2) is 5.96 Å². The third-order valence-electron chi connectivity index (χ3n) is 5.21. The number of rotatable bonds is 7. The summed E-state index contributed by atoms with van der Waals surface area (Å²) in [6.45, 7) is 7.97. The van der Waals surface area contributed by atoms with Crippen LogP contribution in [0, 0.1) is 12.7 Å². The van der Waals surface area contributed by atoms with E-state index in [2.05, 4.69) is 39.6 Å². The van der Waals surface area contributed by atoms with Crippen molar-refractivity contribution in [3.8, 4) is 0 Å². The zero-order valence-corrected chi connectivity index (χ0v) is 18.2. The summed E-state index contributed by atoms with van der Waals surface area (Å²) in [5.74, 6) is 0.428. The topological polar surface area (TPSA) is 66.0 Å². The van der Waals surface area contributed by atoms with Gasteiger partial charge in [0, 0.05) is 19.6 Å². The molecule has 6 nitrogen and oxygen atoms in total. The van der Waals surface area contributed by atoms with Gasteiger partial charge < -0.3 is 20.3 Å². The smallest absolute Gasteiger partial charge is 0.224 e. The van der Waals surface area contributed by atoms with E-state index in [0.29, 0.717) is 19.7 Å². The van der Waals surface area contributed by atoms with Crippen molar-refractivity contribution in [1.29, 1.82) is 0 Å². The lowest BCUT2D eigenvalue weighted by Gasteiger charge is -2.35. The number of morpholine rings is 1. The molecule has 0 radical (unpaired) electrons. The molecule has 166 valence electrons. The largest absolute Gasteiger partial charge is 0.370 e. The van der Waals surface area contributed by atoms with E-state index in [1.807, 2.05) is 19.1 Å². The number of guanidine groups is 1. The second kappa shape index (κ2) is 11.5. The van der Waals surface area contributed by atoms with Crippen LogP contribution in [0.15, 0.2) is 53.5 Å². The van der Waals surface area contributed by atoms with Gasteiger partial charge in [-0.1, -0.05) is 36.4 Å². The highest BCUT2D eigenvalue weighted by Crippen LogP contribution is 2.24. The maximum atomic E-state index is 13.0. The first-order valence-electron chi connectivity index (χ1n) is 10.8. The average Bonchev–Trinajstić information content (AvgIpc) is 2.78. The first-order chi connectivity index (χ1) is 15.1. The predicted molar refractivity (Wildman–Crippen MR) is 121 cm³/mol. The van der Waals surface area contributed by atoms with E-state index in [9.17, 15) is 9.18 Å². The van der Waals surface area contributed by atoms with Gasteiger partial charge in [-0.2, -0.15) is 0 Å². The van der Waals surface area contributed by atoms with Gasteiger partial charge in [0.25, 0.3) is 0 Å². The molecule has 1 heterocycles. The van der Waals surface area contributed by atoms with Crippen LogP contribution in [0.5, 0.6) is 0 Å². The summed E-state index contributed by atoms with van der Waals surface area (Å²) in [6.07, 6.45) is 0.236. The van der Waals surface area contributed by atoms with Crippen LogP contribution in [0.3, 0.4) is 0 Å². The summed E-state index contributed by atoms with van der Waals surface area (Å²) >= 11 is 0. The third-order valence-corrected chi connectivity index (χ3v) is 5.21. The monoisotopic (exact) mass is 426 g/mol. The van der Waals surface area contributed by atoms with Crippen molar-refractivity contribution in [2.45, 2.75) is 26.4 Å². The first kappa shape index (κ1) is 22.7. The number of nitrogens with one attached hydrogen (secondary N) is 2. The number of carbonyl (C=O) groups is 1. The van der Waals surface area contributed by atoms with Crippen molar-refractivity contribution in [2.24, 2.45) is 4.99 Å². The minimum Gasteiger partial charge on any atom is -0.370 e. The van der Waals surface area contributed by atoms with Gasteiger partial charge in [-0.05, 0) is 42.7 Å². The summed E-state index contributed by atoms with van der Waals surface area (Å²) in [5.41, 5.74) is 3.21. The lowest BCUT2D eigenvalue weighted by Crippen LogP contribution is -2.48. The number of benzene rings is 2.